The molecule has 1 heterocycles. The number of non-ortho nitro benzene ring substituents is 1. The molecule has 0 saturated carbocycles. The van der Waals surface area contributed by atoms with Crippen LogP contribution in [0, 0.1) is 10.1 Å². The molecule has 3 aromatic rings. The lowest BCUT2D eigenvalue weighted by Crippen LogP contribution is -2.29. The van der Waals surface area contributed by atoms with Gasteiger partial charge in [0.25, 0.3) is 5.69 Å². The highest BCUT2D eigenvalue weighted by atomic mass is 35.5. The number of aromatic hydroxyl groups is 1. The van der Waals surface area contributed by atoms with E-state index in [2.05, 4.69) is 10.3 Å². The molecule has 3 rings (SSSR count). The lowest BCUT2D eigenvalue weighted by molar-refractivity contribution is -0.383. The summed E-state index contributed by atoms with van der Waals surface area (Å²) >= 11 is 6.29. The number of fused-ring (bicyclic) bond motifs is 1. The molecule has 2 N–H and O–H groups in total. The zero-order chi connectivity index (χ0) is 19.6. The van der Waals surface area contributed by atoms with Gasteiger partial charge in [0.05, 0.1) is 16.4 Å². The van der Waals surface area contributed by atoms with Crippen LogP contribution in [0.25, 0.3) is 10.9 Å². The summed E-state index contributed by atoms with van der Waals surface area (Å²) in [7, 11) is 0. The van der Waals surface area contributed by atoms with Crippen LogP contribution in [0.1, 0.15) is 30.5 Å². The van der Waals surface area contributed by atoms with Crippen molar-refractivity contribution in [3.63, 3.8) is 0 Å². The second-order valence-electron chi connectivity index (χ2n) is 5.87. The number of pyridine rings is 1. The van der Waals surface area contributed by atoms with Gasteiger partial charge in [-0.2, -0.15) is 0 Å². The summed E-state index contributed by atoms with van der Waals surface area (Å²) in [5.74, 6) is -0.527. The second-order valence-corrected chi connectivity index (χ2v) is 6.27. The summed E-state index contributed by atoms with van der Waals surface area (Å²) in [4.78, 5) is 27.2. The van der Waals surface area contributed by atoms with Crippen LogP contribution in [-0.2, 0) is 4.79 Å². The van der Waals surface area contributed by atoms with E-state index in [4.69, 9.17) is 11.6 Å². The number of nitrogens with one attached hydrogen (secondary N) is 1. The Bertz CT molecular complexity index is 1040. The first-order chi connectivity index (χ1) is 12.9. The lowest BCUT2D eigenvalue weighted by atomic mass is 9.95. The first-order valence-corrected chi connectivity index (χ1v) is 8.60. The predicted molar refractivity (Wildman–Crippen MR) is 102 cm³/mol. The maximum absolute atomic E-state index is 12.1. The molecule has 0 aliphatic carbocycles. The van der Waals surface area contributed by atoms with E-state index >= 15 is 0 Å². The molecule has 0 bridgehead atoms. The molecular formula is C19H16ClN3O4. The van der Waals surface area contributed by atoms with Crippen LogP contribution in [0.15, 0.2) is 48.7 Å². The number of aromatic nitrogens is 1. The summed E-state index contributed by atoms with van der Waals surface area (Å²) in [5, 5.41) is 25.7. The number of nitro groups is 1. The first-order valence-electron chi connectivity index (χ1n) is 8.22. The van der Waals surface area contributed by atoms with Crippen molar-refractivity contribution in [2.45, 2.75) is 19.4 Å². The molecule has 1 aromatic heterocycles. The Kier molecular flexibility index (Phi) is 5.23. The molecule has 0 saturated heterocycles. The van der Waals surface area contributed by atoms with Gasteiger partial charge in [-0.05, 0) is 23.8 Å². The number of amides is 1. The number of hydrogen-bond donors (Lipinski definition) is 2. The standard InChI is InChI=1S/C19H16ClN3O4/c1-2-16(24)22-17(11-6-3-4-8-14(11)20)13-10-15(23(26)27)12-7-5-9-21-18(12)19(13)25/h3-10,17,25H,2H2,1H3,(H,22,24). The van der Waals surface area contributed by atoms with Gasteiger partial charge >= 0.3 is 0 Å². The van der Waals surface area contributed by atoms with Gasteiger partial charge in [0, 0.05) is 29.3 Å². The van der Waals surface area contributed by atoms with Gasteiger partial charge in [-0.1, -0.05) is 36.7 Å². The van der Waals surface area contributed by atoms with E-state index in [-0.39, 0.29) is 40.2 Å². The van der Waals surface area contributed by atoms with Crippen LogP contribution >= 0.6 is 11.6 Å². The topological polar surface area (TPSA) is 105 Å². The van der Waals surface area contributed by atoms with Crippen molar-refractivity contribution in [1.29, 1.82) is 0 Å². The number of phenolic OH excluding ortho intramolecular Hbond substituents is 1. The number of carbonyl (C=O) groups excluding carboxylic acids is 1. The molecule has 2 aromatic carbocycles. The second kappa shape index (κ2) is 7.59. The monoisotopic (exact) mass is 385 g/mol. The van der Waals surface area contributed by atoms with E-state index in [0.717, 1.165) is 0 Å². The number of phenols is 1. The molecule has 1 atom stereocenters. The van der Waals surface area contributed by atoms with Crippen molar-refractivity contribution in [1.82, 2.24) is 10.3 Å². The molecule has 0 fully saturated rings. The van der Waals surface area contributed by atoms with Gasteiger partial charge in [-0.25, -0.2) is 0 Å². The van der Waals surface area contributed by atoms with E-state index in [1.165, 1.54) is 18.3 Å². The minimum absolute atomic E-state index is 0.0875. The van der Waals surface area contributed by atoms with Crippen molar-refractivity contribution in [3.05, 3.63) is 74.9 Å². The normalized spacial score (nSPS) is 11.9. The highest BCUT2D eigenvalue weighted by Crippen LogP contribution is 2.40. The summed E-state index contributed by atoms with van der Waals surface area (Å²) < 4.78 is 0. The van der Waals surface area contributed by atoms with Gasteiger partial charge in [-0.3, -0.25) is 19.9 Å². The van der Waals surface area contributed by atoms with Crippen molar-refractivity contribution in [2.75, 3.05) is 0 Å². The van der Waals surface area contributed by atoms with Crippen molar-refractivity contribution in [3.8, 4) is 5.75 Å². The number of benzene rings is 2. The highest BCUT2D eigenvalue weighted by molar-refractivity contribution is 6.31. The van der Waals surface area contributed by atoms with Crippen LogP contribution in [-0.4, -0.2) is 20.9 Å². The maximum Gasteiger partial charge on any atom is 0.279 e. The first kappa shape index (κ1) is 18.6. The fraction of sp³-hybridized carbons (Fsp3) is 0.158. The third-order valence-electron chi connectivity index (χ3n) is 4.22. The summed E-state index contributed by atoms with van der Waals surface area (Å²) in [6, 6.07) is 10.3. The van der Waals surface area contributed by atoms with Crippen molar-refractivity contribution < 1.29 is 14.8 Å². The zero-order valence-corrected chi connectivity index (χ0v) is 15.1. The lowest BCUT2D eigenvalue weighted by Gasteiger charge is -2.22. The highest BCUT2D eigenvalue weighted by Gasteiger charge is 2.27. The van der Waals surface area contributed by atoms with Crippen molar-refractivity contribution in [2.24, 2.45) is 0 Å². The number of nitro benzene ring substituents is 1. The van der Waals surface area contributed by atoms with E-state index in [1.54, 1.807) is 37.3 Å². The molecule has 27 heavy (non-hydrogen) atoms. The van der Waals surface area contributed by atoms with E-state index in [9.17, 15) is 20.0 Å². The molecule has 0 aliphatic rings. The average molecular weight is 386 g/mol. The third kappa shape index (κ3) is 3.54. The largest absolute Gasteiger partial charge is 0.505 e. The Morgan fingerprint density at radius 2 is 2.04 bits per heavy atom. The maximum atomic E-state index is 12.1. The van der Waals surface area contributed by atoms with Crippen LogP contribution in [0.4, 0.5) is 5.69 Å². The molecule has 138 valence electrons. The number of carbonyl (C=O) groups is 1. The van der Waals surface area contributed by atoms with Gasteiger partial charge in [0.1, 0.15) is 11.3 Å². The molecule has 8 heteroatoms. The smallest absolute Gasteiger partial charge is 0.279 e. The Morgan fingerprint density at radius 1 is 1.30 bits per heavy atom. The molecule has 1 unspecified atom stereocenters. The molecule has 0 aliphatic heterocycles. The number of nitrogens with zero attached hydrogens (tertiary/aromatic N) is 2. The Balaban J connectivity index is 2.30. The number of hydrogen-bond acceptors (Lipinski definition) is 5. The molecule has 7 nitrogen and oxygen atoms in total. The molecule has 1 amide bonds. The van der Waals surface area contributed by atoms with Gasteiger partial charge in [-0.15, -0.1) is 0 Å². The van der Waals surface area contributed by atoms with Crippen LogP contribution in [0.5, 0.6) is 5.75 Å². The Labute approximate surface area is 159 Å². The van der Waals surface area contributed by atoms with E-state index in [0.29, 0.717) is 10.6 Å². The van der Waals surface area contributed by atoms with E-state index < -0.39 is 11.0 Å². The van der Waals surface area contributed by atoms with Gasteiger partial charge in [0.15, 0.2) is 0 Å². The Hall–Kier alpha value is -3.19. The average Bonchev–Trinajstić information content (AvgIpc) is 2.67. The van der Waals surface area contributed by atoms with Crippen molar-refractivity contribution >= 4 is 34.1 Å². The number of rotatable bonds is 5. The molecule has 0 radical (unpaired) electrons. The summed E-state index contributed by atoms with van der Waals surface area (Å²) in [5.41, 5.74) is 0.543. The van der Waals surface area contributed by atoms with E-state index in [1.807, 2.05) is 0 Å². The number of halogens is 1. The molecular weight excluding hydrogens is 370 g/mol. The summed E-state index contributed by atoms with van der Waals surface area (Å²) in [6.45, 7) is 1.68. The predicted octanol–water partition coefficient (Wildman–Crippen LogP) is 4.12. The van der Waals surface area contributed by atoms with Crippen LogP contribution < -0.4 is 5.32 Å². The van der Waals surface area contributed by atoms with Crippen LogP contribution in [0.2, 0.25) is 5.02 Å². The quantitative estimate of drug-likeness (QED) is 0.507. The third-order valence-corrected chi connectivity index (χ3v) is 4.57. The van der Waals surface area contributed by atoms with Gasteiger partial charge < -0.3 is 10.4 Å². The summed E-state index contributed by atoms with van der Waals surface area (Å²) in [6.07, 6.45) is 1.64. The van der Waals surface area contributed by atoms with Crippen LogP contribution in [0.3, 0.4) is 0 Å². The minimum atomic E-state index is -0.865. The van der Waals surface area contributed by atoms with Gasteiger partial charge in [0.2, 0.25) is 5.91 Å². The fourth-order valence-corrected chi connectivity index (χ4v) is 3.14. The minimum Gasteiger partial charge on any atom is -0.505 e. The Morgan fingerprint density at radius 3 is 2.70 bits per heavy atom. The fourth-order valence-electron chi connectivity index (χ4n) is 2.90. The SMILES string of the molecule is CCC(=O)NC(c1ccccc1Cl)c1cc([N+](=O)[O-])c2cccnc2c1O. The molecule has 0 spiro atoms. The zero-order valence-electron chi connectivity index (χ0n) is 14.3.